The Labute approximate surface area is 235 Å². The third-order valence-corrected chi connectivity index (χ3v) is 8.50. The second-order valence-corrected chi connectivity index (χ2v) is 11.2. The predicted octanol–water partition coefficient (Wildman–Crippen LogP) is 4.80. The fourth-order valence-electron chi connectivity index (χ4n) is 4.12. The summed E-state index contributed by atoms with van der Waals surface area (Å²) in [4.78, 5) is 28.4. The number of carbonyl (C=O) groups is 2. The third-order valence-electron chi connectivity index (χ3n) is 6.30. The number of amides is 2. The van der Waals surface area contributed by atoms with Crippen molar-refractivity contribution < 1.29 is 22.7 Å². The van der Waals surface area contributed by atoms with Crippen molar-refractivity contribution in [1.82, 2.24) is 10.2 Å². The van der Waals surface area contributed by atoms with Crippen LogP contribution in [0.5, 0.6) is 5.75 Å². The largest absolute Gasteiger partial charge is 0.497 e. The topological polar surface area (TPSA) is 96.0 Å². The minimum atomic E-state index is -4.15. The van der Waals surface area contributed by atoms with E-state index in [0.29, 0.717) is 23.7 Å². The zero-order chi connectivity index (χ0) is 28.6. The molecular weight excluding hydrogens is 538 g/mol. The Morgan fingerprint density at radius 3 is 2.23 bits per heavy atom. The number of anilines is 1. The lowest BCUT2D eigenvalue weighted by atomic mass is 10.1. The number of hydrogen-bond acceptors (Lipinski definition) is 5. The second-order valence-electron chi connectivity index (χ2n) is 8.95. The number of halogens is 1. The zero-order valence-corrected chi connectivity index (χ0v) is 24.1. The molecule has 0 aliphatic carbocycles. The first-order valence-electron chi connectivity index (χ1n) is 12.7. The smallest absolute Gasteiger partial charge is 0.264 e. The number of methoxy groups -OCH3 is 1. The van der Waals surface area contributed by atoms with Gasteiger partial charge in [-0.1, -0.05) is 54.9 Å². The van der Waals surface area contributed by atoms with E-state index in [2.05, 4.69) is 5.32 Å². The molecule has 10 heteroatoms. The summed E-state index contributed by atoms with van der Waals surface area (Å²) >= 11 is 6.35. The molecular formula is C29H34ClN3O5S. The van der Waals surface area contributed by atoms with Gasteiger partial charge >= 0.3 is 0 Å². The van der Waals surface area contributed by atoms with E-state index in [-0.39, 0.29) is 23.0 Å². The fourth-order valence-corrected chi connectivity index (χ4v) is 5.73. The fraction of sp³-hybridized carbons (Fsp3) is 0.310. The molecule has 0 spiro atoms. The number of rotatable bonds is 12. The molecule has 0 bridgehead atoms. The number of hydrogen-bond donors (Lipinski definition) is 1. The van der Waals surface area contributed by atoms with Crippen LogP contribution in [0.1, 0.15) is 31.4 Å². The highest BCUT2D eigenvalue weighted by atomic mass is 35.5. The van der Waals surface area contributed by atoms with Gasteiger partial charge in [0.25, 0.3) is 10.0 Å². The molecule has 0 saturated carbocycles. The first-order chi connectivity index (χ1) is 18.6. The van der Waals surface area contributed by atoms with E-state index < -0.39 is 28.5 Å². The molecule has 0 radical (unpaired) electrons. The molecule has 0 aromatic heterocycles. The van der Waals surface area contributed by atoms with Gasteiger partial charge in [0.05, 0.1) is 17.7 Å². The predicted molar refractivity (Wildman–Crippen MR) is 153 cm³/mol. The van der Waals surface area contributed by atoms with Gasteiger partial charge in [0, 0.05) is 18.1 Å². The zero-order valence-electron chi connectivity index (χ0n) is 22.6. The summed E-state index contributed by atoms with van der Waals surface area (Å²) in [6.07, 6.45) is 0.343. The van der Waals surface area contributed by atoms with E-state index >= 15 is 0 Å². The maximum Gasteiger partial charge on any atom is 0.264 e. The Morgan fingerprint density at radius 2 is 1.67 bits per heavy atom. The number of ether oxygens (including phenoxy) is 1. The molecule has 3 rings (SSSR count). The number of carbonyl (C=O) groups excluding carboxylic acids is 2. The van der Waals surface area contributed by atoms with Gasteiger partial charge in [-0.25, -0.2) is 8.42 Å². The van der Waals surface area contributed by atoms with Gasteiger partial charge in [-0.15, -0.1) is 0 Å². The van der Waals surface area contributed by atoms with Crippen molar-refractivity contribution in [3.8, 4) is 5.75 Å². The monoisotopic (exact) mass is 571 g/mol. The van der Waals surface area contributed by atoms with E-state index in [1.807, 2.05) is 26.0 Å². The highest BCUT2D eigenvalue weighted by Crippen LogP contribution is 2.28. The van der Waals surface area contributed by atoms with Crippen molar-refractivity contribution in [1.29, 1.82) is 0 Å². The summed E-state index contributed by atoms with van der Waals surface area (Å²) in [5, 5.41) is 3.16. The van der Waals surface area contributed by atoms with Gasteiger partial charge in [-0.2, -0.15) is 0 Å². The minimum absolute atomic E-state index is 0.0342. The van der Waals surface area contributed by atoms with E-state index in [1.54, 1.807) is 56.5 Å². The normalized spacial score (nSPS) is 11.9. The van der Waals surface area contributed by atoms with E-state index in [1.165, 1.54) is 23.1 Å². The summed E-state index contributed by atoms with van der Waals surface area (Å²) in [6, 6.07) is 19.1. The molecule has 1 atom stereocenters. The van der Waals surface area contributed by atoms with Crippen LogP contribution in [0.15, 0.2) is 77.7 Å². The highest BCUT2D eigenvalue weighted by Gasteiger charge is 2.33. The van der Waals surface area contributed by atoms with E-state index in [4.69, 9.17) is 16.3 Å². The molecule has 3 aromatic rings. The molecule has 1 unspecified atom stereocenters. The SMILES string of the molecule is CCNC(=O)C(CC)N(Cc1ccc(OC)cc1)C(=O)CN(c1ccc(C)c(Cl)c1)S(=O)(=O)c1ccccc1. The lowest BCUT2D eigenvalue weighted by molar-refractivity contribution is -0.140. The van der Waals surface area contributed by atoms with Crippen LogP contribution in [0.4, 0.5) is 5.69 Å². The molecule has 0 heterocycles. The summed E-state index contributed by atoms with van der Waals surface area (Å²) in [5.74, 6) is -0.179. The lowest BCUT2D eigenvalue weighted by Gasteiger charge is -2.33. The molecule has 0 aliphatic rings. The molecule has 39 heavy (non-hydrogen) atoms. The van der Waals surface area contributed by atoms with Gasteiger partial charge in [0.15, 0.2) is 0 Å². The van der Waals surface area contributed by atoms with Crippen molar-refractivity contribution >= 4 is 39.1 Å². The molecule has 3 aromatic carbocycles. The number of nitrogens with one attached hydrogen (secondary N) is 1. The summed E-state index contributed by atoms with van der Waals surface area (Å²) < 4.78 is 33.9. The Kier molecular flexibility index (Phi) is 10.4. The Morgan fingerprint density at radius 1 is 1.00 bits per heavy atom. The standard InChI is InChI=1S/C29H34ClN3O5S/c1-5-27(29(35)31-6-2)32(19-22-13-16-24(38-4)17-14-22)28(34)20-33(23-15-12-21(3)26(30)18-23)39(36,37)25-10-8-7-9-11-25/h7-18,27H,5-6,19-20H2,1-4H3,(H,31,35). The van der Waals surface area contributed by atoms with Crippen LogP contribution in [0.25, 0.3) is 0 Å². The number of likely N-dealkylation sites (N-methyl/N-ethyl adjacent to an activating group) is 1. The van der Waals surface area contributed by atoms with Gasteiger partial charge in [0.1, 0.15) is 18.3 Å². The van der Waals surface area contributed by atoms with Crippen molar-refractivity contribution in [3.63, 3.8) is 0 Å². The van der Waals surface area contributed by atoms with Gasteiger partial charge in [-0.05, 0) is 67.8 Å². The molecule has 0 fully saturated rings. The van der Waals surface area contributed by atoms with Crippen LogP contribution < -0.4 is 14.4 Å². The van der Waals surface area contributed by atoms with Crippen LogP contribution in [0.2, 0.25) is 5.02 Å². The van der Waals surface area contributed by atoms with E-state index in [9.17, 15) is 18.0 Å². The first kappa shape index (κ1) is 30.0. The Bertz CT molecular complexity index is 1380. The summed E-state index contributed by atoms with van der Waals surface area (Å²) in [7, 11) is -2.59. The van der Waals surface area contributed by atoms with Gasteiger partial charge < -0.3 is 15.0 Å². The maximum absolute atomic E-state index is 14.0. The van der Waals surface area contributed by atoms with E-state index in [0.717, 1.165) is 15.4 Å². The average molecular weight is 572 g/mol. The van der Waals surface area contributed by atoms with Crippen molar-refractivity contribution in [2.45, 2.75) is 44.7 Å². The Balaban J connectivity index is 2.06. The van der Waals surface area contributed by atoms with Crippen molar-refractivity contribution in [2.24, 2.45) is 0 Å². The molecule has 8 nitrogen and oxygen atoms in total. The molecule has 0 saturated heterocycles. The Hall–Kier alpha value is -3.56. The molecule has 208 valence electrons. The second kappa shape index (κ2) is 13.5. The number of aryl methyl sites for hydroxylation is 1. The number of benzene rings is 3. The summed E-state index contributed by atoms with van der Waals surface area (Å²) in [6.45, 7) is 5.40. The van der Waals surface area contributed by atoms with Crippen LogP contribution in [0.3, 0.4) is 0 Å². The summed E-state index contributed by atoms with van der Waals surface area (Å²) in [5.41, 5.74) is 1.79. The van der Waals surface area contributed by atoms with Crippen LogP contribution in [-0.4, -0.2) is 51.4 Å². The third kappa shape index (κ3) is 7.30. The van der Waals surface area contributed by atoms with Crippen LogP contribution >= 0.6 is 11.6 Å². The average Bonchev–Trinajstić information content (AvgIpc) is 2.94. The maximum atomic E-state index is 14.0. The van der Waals surface area contributed by atoms with Crippen molar-refractivity contribution in [3.05, 3.63) is 88.9 Å². The molecule has 2 amide bonds. The number of nitrogens with zero attached hydrogens (tertiary/aromatic N) is 2. The van der Waals surface area contributed by atoms with Crippen molar-refractivity contribution in [2.75, 3.05) is 24.5 Å². The quantitative estimate of drug-likeness (QED) is 0.337. The van der Waals surface area contributed by atoms with Gasteiger partial charge in [-0.3, -0.25) is 13.9 Å². The first-order valence-corrected chi connectivity index (χ1v) is 14.5. The molecule has 0 aliphatic heterocycles. The number of sulfonamides is 1. The van der Waals surface area contributed by atoms with Crippen LogP contribution in [0, 0.1) is 6.92 Å². The van der Waals surface area contributed by atoms with Crippen LogP contribution in [-0.2, 0) is 26.2 Å². The van der Waals surface area contributed by atoms with Gasteiger partial charge in [0.2, 0.25) is 11.8 Å². The molecule has 1 N–H and O–H groups in total. The lowest BCUT2D eigenvalue weighted by Crippen LogP contribution is -2.52. The highest BCUT2D eigenvalue weighted by molar-refractivity contribution is 7.92. The minimum Gasteiger partial charge on any atom is -0.497 e.